The first kappa shape index (κ1) is 19.3. The normalized spacial score (nSPS) is 9.77. The number of tetrazole rings is 1. The van der Waals surface area contributed by atoms with Gasteiger partial charge in [0.05, 0.1) is 12.3 Å². The third-order valence-electron chi connectivity index (χ3n) is 2.88. The van der Waals surface area contributed by atoms with Crippen molar-refractivity contribution in [3.63, 3.8) is 0 Å². The van der Waals surface area contributed by atoms with Gasteiger partial charge in [-0.15, -0.1) is 5.10 Å². The second-order valence-corrected chi connectivity index (χ2v) is 5.94. The Balaban J connectivity index is 1.65. The van der Waals surface area contributed by atoms with E-state index in [1.807, 2.05) is 0 Å². The lowest BCUT2D eigenvalue weighted by Gasteiger charge is -2.05. The van der Waals surface area contributed by atoms with Gasteiger partial charge in [0.25, 0.3) is 0 Å². The van der Waals surface area contributed by atoms with Crippen LogP contribution in [0.15, 0.2) is 29.4 Å². The summed E-state index contributed by atoms with van der Waals surface area (Å²) in [6.45, 7) is 1.85. The van der Waals surface area contributed by atoms with E-state index in [-0.39, 0.29) is 30.7 Å². The average Bonchev–Trinajstić information content (AvgIpc) is 3.01. The third kappa shape index (κ3) is 6.82. The van der Waals surface area contributed by atoms with Crippen molar-refractivity contribution in [1.29, 1.82) is 0 Å². The second kappa shape index (κ2) is 10.0. The van der Waals surface area contributed by atoms with Gasteiger partial charge in [0.2, 0.25) is 17.0 Å². The topological polar surface area (TPSA) is 111 Å². The van der Waals surface area contributed by atoms with Crippen LogP contribution in [0.25, 0.3) is 0 Å². The molecule has 2 amide bonds. The van der Waals surface area contributed by atoms with Crippen LogP contribution >= 0.6 is 11.8 Å². The summed E-state index contributed by atoms with van der Waals surface area (Å²) in [6, 6.07) is 7.03. The van der Waals surface area contributed by atoms with Crippen LogP contribution in [0.2, 0.25) is 0 Å². The lowest BCUT2D eigenvalue weighted by Crippen LogP contribution is -2.25. The Labute approximate surface area is 154 Å². The van der Waals surface area contributed by atoms with E-state index >= 15 is 0 Å². The summed E-state index contributed by atoms with van der Waals surface area (Å²) in [5.74, 6) is 6.12. The Morgan fingerprint density at radius 3 is 2.92 bits per heavy atom. The SMILES string of the molecule is CC(=O)Nc1cccc(OCC#CCNC(=O)CSc2nnnn2C)c1. The van der Waals surface area contributed by atoms with Gasteiger partial charge in [0.15, 0.2) is 0 Å². The Bertz CT molecular complexity index is 827. The van der Waals surface area contributed by atoms with Gasteiger partial charge >= 0.3 is 0 Å². The molecule has 0 fully saturated rings. The fraction of sp³-hybridized carbons (Fsp3) is 0.312. The number of anilines is 1. The number of carbonyl (C=O) groups excluding carboxylic acids is 2. The summed E-state index contributed by atoms with van der Waals surface area (Å²) in [5, 5.41) is 16.9. The van der Waals surface area contributed by atoms with Crippen LogP contribution < -0.4 is 15.4 Å². The number of nitrogens with zero attached hydrogens (tertiary/aromatic N) is 4. The van der Waals surface area contributed by atoms with E-state index in [0.717, 1.165) is 0 Å². The van der Waals surface area contributed by atoms with Crippen LogP contribution in [0.3, 0.4) is 0 Å². The Morgan fingerprint density at radius 1 is 1.35 bits per heavy atom. The number of aromatic nitrogens is 4. The van der Waals surface area contributed by atoms with E-state index in [1.165, 1.54) is 23.4 Å². The molecule has 0 atom stereocenters. The minimum atomic E-state index is -0.156. The highest BCUT2D eigenvalue weighted by Crippen LogP contribution is 2.17. The fourth-order valence-electron chi connectivity index (χ4n) is 1.77. The zero-order valence-corrected chi connectivity index (χ0v) is 15.2. The maximum atomic E-state index is 11.7. The van der Waals surface area contributed by atoms with E-state index < -0.39 is 0 Å². The molecule has 0 saturated carbocycles. The third-order valence-corrected chi connectivity index (χ3v) is 3.89. The Morgan fingerprint density at radius 2 is 2.19 bits per heavy atom. The summed E-state index contributed by atoms with van der Waals surface area (Å²) in [5.41, 5.74) is 0.658. The highest BCUT2D eigenvalue weighted by Gasteiger charge is 2.06. The molecule has 136 valence electrons. The van der Waals surface area contributed by atoms with E-state index in [1.54, 1.807) is 31.3 Å². The van der Waals surface area contributed by atoms with E-state index in [2.05, 4.69) is 38.0 Å². The summed E-state index contributed by atoms with van der Waals surface area (Å²) in [6.07, 6.45) is 0. The van der Waals surface area contributed by atoms with Gasteiger partial charge in [-0.05, 0) is 22.6 Å². The summed E-state index contributed by atoms with van der Waals surface area (Å²) in [4.78, 5) is 22.7. The summed E-state index contributed by atoms with van der Waals surface area (Å²) in [7, 11) is 1.71. The fourth-order valence-corrected chi connectivity index (χ4v) is 2.45. The van der Waals surface area contributed by atoms with Crippen LogP contribution in [-0.2, 0) is 16.6 Å². The molecule has 1 aromatic carbocycles. The van der Waals surface area contributed by atoms with Gasteiger partial charge in [-0.3, -0.25) is 9.59 Å². The number of hydrogen-bond acceptors (Lipinski definition) is 7. The molecule has 2 rings (SSSR count). The van der Waals surface area contributed by atoms with Gasteiger partial charge in [0, 0.05) is 25.7 Å². The molecule has 0 unspecified atom stereocenters. The molecule has 0 bridgehead atoms. The number of ether oxygens (including phenoxy) is 1. The number of carbonyl (C=O) groups is 2. The standard InChI is InChI=1S/C16H18N6O3S/c1-12(23)18-13-6-5-7-14(10-13)25-9-4-3-8-17-15(24)11-26-16-19-20-21-22(16)2/h5-7,10H,8-9,11H2,1-2H3,(H,17,24)(H,18,23). The predicted molar refractivity (Wildman–Crippen MR) is 96.5 cm³/mol. The van der Waals surface area contributed by atoms with E-state index in [9.17, 15) is 9.59 Å². The molecule has 2 aromatic rings. The highest BCUT2D eigenvalue weighted by atomic mass is 32.2. The van der Waals surface area contributed by atoms with Gasteiger partial charge in [0.1, 0.15) is 12.4 Å². The lowest BCUT2D eigenvalue weighted by molar-refractivity contribution is -0.118. The Kier molecular flexibility index (Phi) is 7.45. The number of thioether (sulfide) groups is 1. The molecule has 26 heavy (non-hydrogen) atoms. The van der Waals surface area contributed by atoms with E-state index in [4.69, 9.17) is 4.74 Å². The van der Waals surface area contributed by atoms with Gasteiger partial charge in [-0.25, -0.2) is 4.68 Å². The molecule has 1 aromatic heterocycles. The van der Waals surface area contributed by atoms with Crippen molar-refractivity contribution < 1.29 is 14.3 Å². The van der Waals surface area contributed by atoms with E-state index in [0.29, 0.717) is 16.6 Å². The molecule has 0 radical (unpaired) electrons. The first-order valence-electron chi connectivity index (χ1n) is 7.62. The minimum absolute atomic E-state index is 0.147. The Hall–Kier alpha value is -3.06. The van der Waals surface area contributed by atoms with Crippen molar-refractivity contribution in [3.05, 3.63) is 24.3 Å². The number of aryl methyl sites for hydroxylation is 1. The van der Waals surface area contributed by atoms with Crippen molar-refractivity contribution in [2.24, 2.45) is 7.05 Å². The van der Waals surface area contributed by atoms with Crippen molar-refractivity contribution in [1.82, 2.24) is 25.5 Å². The van der Waals surface area contributed by atoms with Crippen molar-refractivity contribution >= 4 is 29.3 Å². The van der Waals surface area contributed by atoms with Crippen molar-refractivity contribution in [2.75, 3.05) is 24.2 Å². The summed E-state index contributed by atoms with van der Waals surface area (Å²) >= 11 is 1.24. The number of rotatable bonds is 7. The van der Waals surface area contributed by atoms with Gasteiger partial charge < -0.3 is 15.4 Å². The zero-order valence-electron chi connectivity index (χ0n) is 14.4. The van der Waals surface area contributed by atoms with Crippen molar-refractivity contribution in [3.8, 4) is 17.6 Å². The van der Waals surface area contributed by atoms with Crippen molar-refractivity contribution in [2.45, 2.75) is 12.1 Å². The number of amides is 2. The first-order chi connectivity index (χ1) is 12.5. The highest BCUT2D eigenvalue weighted by molar-refractivity contribution is 7.99. The lowest BCUT2D eigenvalue weighted by atomic mass is 10.3. The zero-order chi connectivity index (χ0) is 18.8. The van der Waals surface area contributed by atoms with Crippen LogP contribution in [0.5, 0.6) is 5.75 Å². The monoisotopic (exact) mass is 374 g/mol. The van der Waals surface area contributed by atoms with Crippen LogP contribution in [0.4, 0.5) is 5.69 Å². The number of benzene rings is 1. The summed E-state index contributed by atoms with van der Waals surface area (Å²) < 4.78 is 6.97. The molecule has 0 aliphatic carbocycles. The molecule has 2 N–H and O–H groups in total. The molecular weight excluding hydrogens is 356 g/mol. The smallest absolute Gasteiger partial charge is 0.231 e. The largest absolute Gasteiger partial charge is 0.481 e. The molecular formula is C16H18N6O3S. The molecule has 10 heteroatoms. The van der Waals surface area contributed by atoms with Gasteiger partial charge in [-0.1, -0.05) is 29.7 Å². The second-order valence-electron chi connectivity index (χ2n) is 5.00. The first-order valence-corrected chi connectivity index (χ1v) is 8.61. The maximum absolute atomic E-state index is 11.7. The predicted octanol–water partition coefficient (Wildman–Crippen LogP) is 0.459. The quantitative estimate of drug-likeness (QED) is 0.535. The maximum Gasteiger partial charge on any atom is 0.231 e. The molecule has 1 heterocycles. The van der Waals surface area contributed by atoms with Crippen LogP contribution in [-0.4, -0.2) is 50.9 Å². The molecule has 0 saturated heterocycles. The molecule has 9 nitrogen and oxygen atoms in total. The molecule has 0 spiro atoms. The van der Waals surface area contributed by atoms with Crippen LogP contribution in [0.1, 0.15) is 6.92 Å². The molecule has 0 aliphatic rings. The molecule has 0 aliphatic heterocycles. The number of nitrogens with one attached hydrogen (secondary N) is 2. The van der Waals surface area contributed by atoms with Gasteiger partial charge in [-0.2, -0.15) is 0 Å². The van der Waals surface area contributed by atoms with Crippen LogP contribution in [0, 0.1) is 11.8 Å². The average molecular weight is 374 g/mol. The number of hydrogen-bond donors (Lipinski definition) is 2. The minimum Gasteiger partial charge on any atom is -0.481 e.